The van der Waals surface area contributed by atoms with Crippen molar-refractivity contribution in [2.45, 2.75) is 6.42 Å². The first-order valence-corrected chi connectivity index (χ1v) is 7.18. The van der Waals surface area contributed by atoms with Gasteiger partial charge in [0.1, 0.15) is 0 Å². The van der Waals surface area contributed by atoms with Gasteiger partial charge in [-0.1, -0.05) is 17.7 Å². The number of halogens is 2. The lowest BCUT2D eigenvalue weighted by Gasteiger charge is -2.21. The topological polar surface area (TPSA) is 23.6 Å². The predicted octanol–water partition coefficient (Wildman–Crippen LogP) is 2.88. The normalized spacial score (nSPS) is 17.6. The number of carbonyl (C=O) groups excluding carboxylic acids is 1. The summed E-state index contributed by atoms with van der Waals surface area (Å²) in [7, 11) is 2.08. The van der Waals surface area contributed by atoms with Crippen molar-refractivity contribution in [3.05, 3.63) is 33.3 Å². The minimum atomic E-state index is 0.0246. The highest BCUT2D eigenvalue weighted by Gasteiger charge is 2.21. The number of benzene rings is 1. The molecule has 0 saturated carbocycles. The maximum absolute atomic E-state index is 12.4. The average Bonchev–Trinajstić information content (AvgIpc) is 2.57. The lowest BCUT2D eigenvalue weighted by Crippen LogP contribution is -2.34. The van der Waals surface area contributed by atoms with Crippen LogP contribution in [0.15, 0.2) is 22.7 Å². The molecule has 0 aliphatic carbocycles. The smallest absolute Gasteiger partial charge is 0.255 e. The Morgan fingerprint density at radius 2 is 2.06 bits per heavy atom. The Balaban J connectivity index is 2.18. The van der Waals surface area contributed by atoms with E-state index in [-0.39, 0.29) is 5.91 Å². The predicted molar refractivity (Wildman–Crippen MR) is 77.2 cm³/mol. The Bertz CT molecular complexity index is 453. The summed E-state index contributed by atoms with van der Waals surface area (Å²) in [5, 5.41) is 0.500. The zero-order chi connectivity index (χ0) is 13.1. The molecule has 5 heteroatoms. The summed E-state index contributed by atoms with van der Waals surface area (Å²) in [6, 6.07) is 5.46. The van der Waals surface area contributed by atoms with Gasteiger partial charge in [0.15, 0.2) is 0 Å². The summed E-state index contributed by atoms with van der Waals surface area (Å²) < 4.78 is 0.766. The first-order chi connectivity index (χ1) is 8.59. The fourth-order valence-electron chi connectivity index (χ4n) is 2.09. The monoisotopic (exact) mass is 330 g/mol. The van der Waals surface area contributed by atoms with Crippen LogP contribution in [0.5, 0.6) is 0 Å². The van der Waals surface area contributed by atoms with E-state index >= 15 is 0 Å². The van der Waals surface area contributed by atoms with Gasteiger partial charge < -0.3 is 9.80 Å². The quantitative estimate of drug-likeness (QED) is 0.790. The van der Waals surface area contributed by atoms with Gasteiger partial charge in [0.2, 0.25) is 0 Å². The van der Waals surface area contributed by atoms with Crippen LogP contribution in [-0.4, -0.2) is 48.9 Å². The van der Waals surface area contributed by atoms with E-state index in [2.05, 4.69) is 27.9 Å². The Morgan fingerprint density at radius 3 is 2.83 bits per heavy atom. The Hall–Kier alpha value is -0.580. The molecule has 0 spiro atoms. The van der Waals surface area contributed by atoms with Crippen molar-refractivity contribution in [1.82, 2.24) is 9.80 Å². The van der Waals surface area contributed by atoms with E-state index in [0.717, 1.165) is 37.1 Å². The first kappa shape index (κ1) is 13.8. The molecule has 0 N–H and O–H groups in total. The molecule has 0 aromatic heterocycles. The van der Waals surface area contributed by atoms with E-state index in [4.69, 9.17) is 11.6 Å². The number of hydrogen-bond acceptors (Lipinski definition) is 2. The molecule has 1 amide bonds. The molecule has 18 heavy (non-hydrogen) atoms. The molecule has 3 nitrogen and oxygen atoms in total. The van der Waals surface area contributed by atoms with E-state index in [1.165, 1.54) is 0 Å². The Morgan fingerprint density at radius 1 is 1.28 bits per heavy atom. The second-order valence-electron chi connectivity index (χ2n) is 4.55. The van der Waals surface area contributed by atoms with Crippen LogP contribution in [0.2, 0.25) is 5.02 Å². The van der Waals surface area contributed by atoms with E-state index in [1.54, 1.807) is 6.07 Å². The Labute approximate surface area is 121 Å². The highest BCUT2D eigenvalue weighted by atomic mass is 79.9. The van der Waals surface area contributed by atoms with Crippen molar-refractivity contribution in [1.29, 1.82) is 0 Å². The van der Waals surface area contributed by atoms with Gasteiger partial charge >= 0.3 is 0 Å². The third kappa shape index (κ3) is 3.05. The van der Waals surface area contributed by atoms with Crippen LogP contribution in [0.4, 0.5) is 0 Å². The molecule has 1 fully saturated rings. The molecule has 0 atom stereocenters. The summed E-state index contributed by atoms with van der Waals surface area (Å²) in [5.41, 5.74) is 0.579. The highest BCUT2D eigenvalue weighted by molar-refractivity contribution is 9.10. The van der Waals surface area contributed by atoms with Crippen molar-refractivity contribution in [3.8, 4) is 0 Å². The fourth-order valence-corrected chi connectivity index (χ4v) is 2.66. The van der Waals surface area contributed by atoms with Gasteiger partial charge in [-0.15, -0.1) is 0 Å². The molecule has 98 valence electrons. The van der Waals surface area contributed by atoms with Gasteiger partial charge in [0.25, 0.3) is 5.91 Å². The maximum Gasteiger partial charge on any atom is 0.255 e. The third-order valence-electron chi connectivity index (χ3n) is 3.19. The molecule has 1 heterocycles. The third-order valence-corrected chi connectivity index (χ3v) is 4.49. The average molecular weight is 332 g/mol. The van der Waals surface area contributed by atoms with Gasteiger partial charge in [-0.3, -0.25) is 4.79 Å². The number of hydrogen-bond donors (Lipinski definition) is 0. The minimum Gasteiger partial charge on any atom is -0.337 e. The first-order valence-electron chi connectivity index (χ1n) is 6.01. The van der Waals surface area contributed by atoms with Gasteiger partial charge in [0.05, 0.1) is 10.6 Å². The molecule has 1 aromatic carbocycles. The summed E-state index contributed by atoms with van der Waals surface area (Å²) in [5.74, 6) is 0.0246. The van der Waals surface area contributed by atoms with Crippen molar-refractivity contribution >= 4 is 33.4 Å². The van der Waals surface area contributed by atoms with E-state index in [1.807, 2.05) is 17.0 Å². The number of nitrogens with zero attached hydrogens (tertiary/aromatic N) is 2. The van der Waals surface area contributed by atoms with Crippen molar-refractivity contribution in [2.24, 2.45) is 0 Å². The van der Waals surface area contributed by atoms with Crippen LogP contribution in [0.25, 0.3) is 0 Å². The molecule has 1 aliphatic rings. The molecular formula is C13H16BrClN2O. The minimum absolute atomic E-state index is 0.0246. The van der Waals surface area contributed by atoms with Gasteiger partial charge in [-0.25, -0.2) is 0 Å². The molecule has 0 radical (unpaired) electrons. The lowest BCUT2D eigenvalue weighted by atomic mass is 10.2. The fraction of sp³-hybridized carbons (Fsp3) is 0.462. The number of likely N-dealkylation sites (N-methyl/N-ethyl adjacent to an activating group) is 1. The SMILES string of the molecule is CN1CCCN(C(=O)c2cccc(Br)c2Cl)CC1. The van der Waals surface area contributed by atoms with Gasteiger partial charge in [0, 0.05) is 24.1 Å². The van der Waals surface area contributed by atoms with Crippen LogP contribution < -0.4 is 0 Å². The molecule has 1 aromatic rings. The number of carbonyl (C=O) groups is 1. The summed E-state index contributed by atoms with van der Waals surface area (Å²) >= 11 is 9.52. The summed E-state index contributed by atoms with van der Waals surface area (Å²) in [4.78, 5) is 16.6. The molecular weight excluding hydrogens is 316 g/mol. The Kier molecular flexibility index (Phi) is 4.65. The van der Waals surface area contributed by atoms with Gasteiger partial charge in [-0.2, -0.15) is 0 Å². The maximum atomic E-state index is 12.4. The van der Waals surface area contributed by atoms with Crippen molar-refractivity contribution in [2.75, 3.05) is 33.2 Å². The molecule has 0 unspecified atom stereocenters. The largest absolute Gasteiger partial charge is 0.337 e. The second kappa shape index (κ2) is 6.04. The molecule has 0 bridgehead atoms. The van der Waals surface area contributed by atoms with Crippen LogP contribution in [-0.2, 0) is 0 Å². The van der Waals surface area contributed by atoms with Gasteiger partial charge in [-0.05, 0) is 48.1 Å². The lowest BCUT2D eigenvalue weighted by molar-refractivity contribution is 0.0763. The summed E-state index contributed by atoms with van der Waals surface area (Å²) in [6.45, 7) is 3.51. The molecule has 1 aliphatic heterocycles. The number of amides is 1. The van der Waals surface area contributed by atoms with Crippen molar-refractivity contribution < 1.29 is 4.79 Å². The molecule has 2 rings (SSSR count). The van der Waals surface area contributed by atoms with E-state index in [0.29, 0.717) is 10.6 Å². The highest BCUT2D eigenvalue weighted by Crippen LogP contribution is 2.27. The second-order valence-corrected chi connectivity index (χ2v) is 5.78. The van der Waals surface area contributed by atoms with Crippen LogP contribution in [0.1, 0.15) is 16.8 Å². The molecule has 1 saturated heterocycles. The van der Waals surface area contributed by atoms with Crippen LogP contribution >= 0.6 is 27.5 Å². The van der Waals surface area contributed by atoms with Crippen LogP contribution in [0.3, 0.4) is 0 Å². The zero-order valence-corrected chi connectivity index (χ0v) is 12.7. The zero-order valence-electron chi connectivity index (χ0n) is 10.3. The van der Waals surface area contributed by atoms with E-state index in [9.17, 15) is 4.79 Å². The standard InChI is InChI=1S/C13H16BrClN2O/c1-16-6-3-7-17(9-8-16)13(18)10-4-2-5-11(14)12(10)15/h2,4-5H,3,6-9H2,1H3. The van der Waals surface area contributed by atoms with Crippen molar-refractivity contribution in [3.63, 3.8) is 0 Å². The number of rotatable bonds is 1. The van der Waals surface area contributed by atoms with E-state index < -0.39 is 0 Å². The summed E-state index contributed by atoms with van der Waals surface area (Å²) in [6.07, 6.45) is 1.01. The van der Waals surface area contributed by atoms with Crippen LogP contribution in [0, 0.1) is 0 Å².